The molecule has 4 rings (SSSR count). The van der Waals surface area contributed by atoms with Gasteiger partial charge in [0.25, 0.3) is 5.91 Å². The normalized spacial score (nSPS) is 15.4. The van der Waals surface area contributed by atoms with Crippen LogP contribution < -0.4 is 5.32 Å². The van der Waals surface area contributed by atoms with Crippen molar-refractivity contribution in [2.45, 2.75) is 6.54 Å². The van der Waals surface area contributed by atoms with Gasteiger partial charge < -0.3 is 9.73 Å². The molecule has 140 valence electrons. The molecule has 0 unspecified atom stereocenters. The Bertz CT molecular complexity index is 1090. The monoisotopic (exact) mass is 412 g/mol. The second-order valence-corrected chi connectivity index (χ2v) is 7.09. The highest BCUT2D eigenvalue weighted by atomic mass is 35.5. The van der Waals surface area contributed by atoms with E-state index in [-0.39, 0.29) is 12.2 Å². The van der Waals surface area contributed by atoms with Crippen molar-refractivity contribution in [3.05, 3.63) is 87.7 Å². The third kappa shape index (κ3) is 3.81. The summed E-state index contributed by atoms with van der Waals surface area (Å²) in [7, 11) is 0. The third-order valence-corrected chi connectivity index (χ3v) is 4.73. The van der Waals surface area contributed by atoms with Gasteiger partial charge in [-0.05, 0) is 42.0 Å². The van der Waals surface area contributed by atoms with Gasteiger partial charge >= 0.3 is 6.03 Å². The summed E-state index contributed by atoms with van der Waals surface area (Å²) < 4.78 is 5.77. The lowest BCUT2D eigenvalue weighted by Gasteiger charge is -2.11. The molecule has 1 saturated heterocycles. The van der Waals surface area contributed by atoms with Crippen molar-refractivity contribution in [3.63, 3.8) is 0 Å². The summed E-state index contributed by atoms with van der Waals surface area (Å²) in [5, 5.41) is 3.78. The van der Waals surface area contributed by atoms with Crippen molar-refractivity contribution < 1.29 is 14.0 Å². The van der Waals surface area contributed by atoms with Crippen LogP contribution in [0.5, 0.6) is 0 Å². The van der Waals surface area contributed by atoms with Crippen LogP contribution in [0.3, 0.4) is 0 Å². The van der Waals surface area contributed by atoms with Crippen molar-refractivity contribution in [1.82, 2.24) is 10.2 Å². The topological polar surface area (TPSA) is 62.6 Å². The lowest BCUT2D eigenvalue weighted by molar-refractivity contribution is -0.123. The van der Waals surface area contributed by atoms with E-state index in [1.807, 2.05) is 12.1 Å². The number of hydrogen-bond donors (Lipinski definition) is 1. The lowest BCUT2D eigenvalue weighted by atomic mass is 10.2. The Balaban J connectivity index is 1.53. The molecule has 0 atom stereocenters. The maximum atomic E-state index is 12.6. The first-order valence-corrected chi connectivity index (χ1v) is 9.20. The molecule has 2 heterocycles. The average Bonchev–Trinajstić information content (AvgIpc) is 3.24. The van der Waals surface area contributed by atoms with E-state index >= 15 is 0 Å². The Morgan fingerprint density at radius 2 is 1.75 bits per heavy atom. The molecule has 0 radical (unpaired) electrons. The standard InChI is InChI=1S/C21H14Cl2N2O3/c22-15-6-4-13(5-7-15)12-25-20(26)18(24-21(25)27)11-17-8-9-19(28-17)14-2-1-3-16(23)10-14/h1-11H,12H2,(H,24,27)/b18-11+. The maximum Gasteiger partial charge on any atom is 0.329 e. The summed E-state index contributed by atoms with van der Waals surface area (Å²) in [6, 6.07) is 17.3. The SMILES string of the molecule is O=C1N/C(=C/c2ccc(-c3cccc(Cl)c3)o2)C(=O)N1Cc1ccc(Cl)cc1. The first kappa shape index (κ1) is 18.3. The Kier molecular flexibility index (Phi) is 4.94. The molecule has 3 amide bonds. The fourth-order valence-electron chi connectivity index (χ4n) is 2.86. The molecule has 2 aromatic carbocycles. The fraction of sp³-hybridized carbons (Fsp3) is 0.0476. The van der Waals surface area contributed by atoms with Crippen LogP contribution in [-0.4, -0.2) is 16.8 Å². The highest BCUT2D eigenvalue weighted by Crippen LogP contribution is 2.26. The highest BCUT2D eigenvalue weighted by Gasteiger charge is 2.33. The fourth-order valence-corrected chi connectivity index (χ4v) is 3.17. The van der Waals surface area contributed by atoms with Crippen LogP contribution in [-0.2, 0) is 11.3 Å². The largest absolute Gasteiger partial charge is 0.457 e. The Morgan fingerprint density at radius 3 is 2.50 bits per heavy atom. The smallest absolute Gasteiger partial charge is 0.329 e. The molecule has 5 nitrogen and oxygen atoms in total. The number of amides is 3. The number of furan rings is 1. The molecule has 28 heavy (non-hydrogen) atoms. The first-order chi connectivity index (χ1) is 13.5. The zero-order chi connectivity index (χ0) is 19.7. The van der Waals surface area contributed by atoms with Crippen molar-refractivity contribution in [1.29, 1.82) is 0 Å². The van der Waals surface area contributed by atoms with E-state index in [0.29, 0.717) is 21.6 Å². The second-order valence-electron chi connectivity index (χ2n) is 6.22. The van der Waals surface area contributed by atoms with Gasteiger partial charge in [-0.1, -0.05) is 47.5 Å². The number of hydrogen-bond acceptors (Lipinski definition) is 3. The molecule has 1 N–H and O–H groups in total. The summed E-state index contributed by atoms with van der Waals surface area (Å²) in [6.07, 6.45) is 1.51. The molecular formula is C21H14Cl2N2O3. The molecule has 0 bridgehead atoms. The number of carbonyl (C=O) groups excluding carboxylic acids is 2. The van der Waals surface area contributed by atoms with Gasteiger partial charge in [-0.25, -0.2) is 4.79 Å². The van der Waals surface area contributed by atoms with E-state index in [0.717, 1.165) is 16.0 Å². The van der Waals surface area contributed by atoms with Gasteiger partial charge in [0, 0.05) is 21.7 Å². The van der Waals surface area contributed by atoms with Crippen molar-refractivity contribution >= 4 is 41.2 Å². The number of nitrogens with one attached hydrogen (secondary N) is 1. The molecule has 0 spiro atoms. The lowest BCUT2D eigenvalue weighted by Crippen LogP contribution is -2.30. The number of benzene rings is 2. The van der Waals surface area contributed by atoms with Gasteiger partial charge in [-0.2, -0.15) is 0 Å². The summed E-state index contributed by atoms with van der Waals surface area (Å²) >= 11 is 11.9. The van der Waals surface area contributed by atoms with E-state index in [9.17, 15) is 9.59 Å². The molecule has 3 aromatic rings. The zero-order valence-corrected chi connectivity index (χ0v) is 16.0. The molecule has 1 aromatic heterocycles. The van der Waals surface area contributed by atoms with Crippen molar-refractivity contribution in [3.8, 4) is 11.3 Å². The summed E-state index contributed by atoms with van der Waals surface area (Å²) in [5.74, 6) is 0.650. The summed E-state index contributed by atoms with van der Waals surface area (Å²) in [6.45, 7) is 0.158. The van der Waals surface area contributed by atoms with E-state index in [2.05, 4.69) is 5.32 Å². The van der Waals surface area contributed by atoms with Gasteiger partial charge in [-0.15, -0.1) is 0 Å². The average molecular weight is 413 g/mol. The molecule has 7 heteroatoms. The predicted octanol–water partition coefficient (Wildman–Crippen LogP) is 5.35. The second kappa shape index (κ2) is 7.54. The Hall–Kier alpha value is -3.02. The first-order valence-electron chi connectivity index (χ1n) is 8.44. The van der Waals surface area contributed by atoms with Crippen molar-refractivity contribution in [2.24, 2.45) is 0 Å². The summed E-state index contributed by atoms with van der Waals surface area (Å²) in [5.41, 5.74) is 1.78. The number of halogens is 2. The van der Waals surface area contributed by atoms with Crippen LogP contribution in [0.4, 0.5) is 4.79 Å². The minimum Gasteiger partial charge on any atom is -0.457 e. The molecule has 1 aliphatic heterocycles. The molecule has 1 aliphatic rings. The van der Waals surface area contributed by atoms with Crippen LogP contribution in [0.1, 0.15) is 11.3 Å². The third-order valence-electron chi connectivity index (χ3n) is 4.24. The molecular weight excluding hydrogens is 399 g/mol. The number of carbonyl (C=O) groups is 2. The minimum absolute atomic E-state index is 0.158. The highest BCUT2D eigenvalue weighted by molar-refractivity contribution is 6.31. The molecule has 0 saturated carbocycles. The zero-order valence-electron chi connectivity index (χ0n) is 14.5. The molecule has 0 aliphatic carbocycles. The van der Waals surface area contributed by atoms with Crippen LogP contribution in [0.15, 0.2) is 70.8 Å². The van der Waals surface area contributed by atoms with Gasteiger partial charge in [0.15, 0.2) is 0 Å². The van der Waals surface area contributed by atoms with Crippen LogP contribution in [0.2, 0.25) is 10.0 Å². The minimum atomic E-state index is -0.479. The van der Waals surface area contributed by atoms with E-state index in [4.69, 9.17) is 27.6 Å². The molecule has 1 fully saturated rings. The van der Waals surface area contributed by atoms with Crippen LogP contribution >= 0.6 is 23.2 Å². The number of rotatable bonds is 4. The Morgan fingerprint density at radius 1 is 0.964 bits per heavy atom. The van der Waals surface area contributed by atoms with E-state index in [1.165, 1.54) is 6.08 Å². The van der Waals surface area contributed by atoms with Crippen molar-refractivity contribution in [2.75, 3.05) is 0 Å². The maximum absolute atomic E-state index is 12.6. The van der Waals surface area contributed by atoms with Crippen LogP contribution in [0.25, 0.3) is 17.4 Å². The number of imide groups is 1. The van der Waals surface area contributed by atoms with Gasteiger partial charge in [0.1, 0.15) is 17.2 Å². The van der Waals surface area contributed by atoms with Crippen LogP contribution in [0, 0.1) is 0 Å². The van der Waals surface area contributed by atoms with E-state index < -0.39 is 11.9 Å². The van der Waals surface area contributed by atoms with E-state index in [1.54, 1.807) is 48.5 Å². The Labute approximate surface area is 171 Å². The number of urea groups is 1. The quantitative estimate of drug-likeness (QED) is 0.464. The van der Waals surface area contributed by atoms with Gasteiger partial charge in [0.05, 0.1) is 6.54 Å². The number of nitrogens with zero attached hydrogens (tertiary/aromatic N) is 1. The predicted molar refractivity (Wildman–Crippen MR) is 108 cm³/mol. The summed E-state index contributed by atoms with van der Waals surface area (Å²) in [4.78, 5) is 25.9. The van der Waals surface area contributed by atoms with Gasteiger partial charge in [0.2, 0.25) is 0 Å². The van der Waals surface area contributed by atoms with Gasteiger partial charge in [-0.3, -0.25) is 9.69 Å².